The molecule has 0 aliphatic rings. The van der Waals surface area contributed by atoms with Crippen molar-refractivity contribution in [2.75, 3.05) is 6.54 Å². The number of nitrogens with zero attached hydrogens (tertiary/aromatic N) is 2. The van der Waals surface area contributed by atoms with Crippen molar-refractivity contribution in [1.29, 1.82) is 0 Å². The molecule has 0 N–H and O–H groups in total. The molecule has 0 saturated carbocycles. The number of aryl methyl sites for hydroxylation is 4. The molecule has 0 unspecified atom stereocenters. The van der Waals surface area contributed by atoms with Crippen LogP contribution in [0.1, 0.15) is 139 Å². The van der Waals surface area contributed by atoms with Crippen molar-refractivity contribution in [2.45, 2.75) is 138 Å². The van der Waals surface area contributed by atoms with E-state index in [9.17, 15) is 0 Å². The Morgan fingerprint density at radius 1 is 0.711 bits per heavy atom. The van der Waals surface area contributed by atoms with Gasteiger partial charge in [0.2, 0.25) is 5.70 Å². The van der Waals surface area contributed by atoms with Crippen molar-refractivity contribution in [3.05, 3.63) is 69.4 Å². The summed E-state index contributed by atoms with van der Waals surface area (Å²) in [5.41, 5.74) is 11.0. The predicted molar refractivity (Wildman–Crippen MR) is 168 cm³/mol. The monoisotopic (exact) mass is 517 g/mol. The molecule has 2 heteroatoms. The van der Waals surface area contributed by atoms with Crippen molar-refractivity contribution in [3.63, 3.8) is 0 Å². The summed E-state index contributed by atoms with van der Waals surface area (Å²) < 4.78 is 2.22. The van der Waals surface area contributed by atoms with Gasteiger partial charge in [0.25, 0.3) is 0 Å². The van der Waals surface area contributed by atoms with Crippen LogP contribution in [0, 0.1) is 13.8 Å². The van der Waals surface area contributed by atoms with E-state index in [2.05, 4.69) is 89.6 Å². The Morgan fingerprint density at radius 3 is 2.03 bits per heavy atom. The lowest BCUT2D eigenvalue weighted by Crippen LogP contribution is -2.08. The second-order valence-electron chi connectivity index (χ2n) is 11.2. The zero-order valence-electron chi connectivity index (χ0n) is 26.0. The van der Waals surface area contributed by atoms with E-state index in [1.165, 1.54) is 111 Å². The number of azo groups is 2. The van der Waals surface area contributed by atoms with Gasteiger partial charge in [-0.25, -0.2) is 0 Å². The maximum atomic E-state index is 5.20. The minimum Gasteiger partial charge on any atom is -0.0882 e. The van der Waals surface area contributed by atoms with Gasteiger partial charge in [-0.2, -0.15) is 0 Å². The number of hydrogen-bond acceptors (Lipinski definition) is 1. The fourth-order valence-electron chi connectivity index (χ4n) is 5.51. The van der Waals surface area contributed by atoms with Crippen molar-refractivity contribution in [3.8, 4) is 0 Å². The summed E-state index contributed by atoms with van der Waals surface area (Å²) in [4.78, 5) is 0. The van der Waals surface area contributed by atoms with Gasteiger partial charge in [0.1, 0.15) is 5.69 Å². The largest absolute Gasteiger partial charge is 0.208 e. The Labute approximate surface area is 235 Å². The van der Waals surface area contributed by atoms with E-state index in [0.29, 0.717) is 0 Å². The summed E-state index contributed by atoms with van der Waals surface area (Å²) in [6.07, 6.45) is 19.9. The molecule has 38 heavy (non-hydrogen) atoms. The van der Waals surface area contributed by atoms with E-state index in [-0.39, 0.29) is 0 Å². The van der Waals surface area contributed by atoms with Gasteiger partial charge in [0.15, 0.2) is 6.54 Å². The molecule has 0 radical (unpaired) electrons. The number of allylic oxidation sites excluding steroid dienone is 1. The fourth-order valence-corrected chi connectivity index (χ4v) is 5.51. The minimum absolute atomic E-state index is 0.872. The number of benzene rings is 2. The molecule has 0 bridgehead atoms. The average Bonchev–Trinajstić information content (AvgIpc) is 2.90. The van der Waals surface area contributed by atoms with Crippen LogP contribution >= 0.6 is 0 Å². The van der Waals surface area contributed by atoms with Crippen LogP contribution in [0.25, 0.3) is 6.08 Å². The third-order valence-corrected chi connectivity index (χ3v) is 7.67. The van der Waals surface area contributed by atoms with Crippen LogP contribution in [0.5, 0.6) is 0 Å². The third-order valence-electron chi connectivity index (χ3n) is 7.67. The van der Waals surface area contributed by atoms with Gasteiger partial charge in [-0.1, -0.05) is 101 Å². The summed E-state index contributed by atoms with van der Waals surface area (Å²) in [5.74, 6) is 0. The van der Waals surface area contributed by atoms with Gasteiger partial charge in [0.05, 0.1) is 0 Å². The average molecular weight is 518 g/mol. The standard InChI is InChI=1S/C36H57N2/c1-8-13-16-18-20-31-23-29(6)24-32(26-31)27-35(11-4)38(12-5)37-34-25-30(7)36(22-19-17-14-9-2)33(28-34)21-15-10-3/h23-28H,8-22H2,1-7H3/q+1. The molecule has 0 atom stereocenters. The summed E-state index contributed by atoms with van der Waals surface area (Å²) in [6.45, 7) is 16.7. The highest BCUT2D eigenvalue weighted by atomic mass is 15.3. The van der Waals surface area contributed by atoms with E-state index in [4.69, 9.17) is 5.11 Å². The van der Waals surface area contributed by atoms with Crippen LogP contribution < -0.4 is 0 Å². The fraction of sp³-hybridized carbons (Fsp3) is 0.611. The molecule has 2 aromatic carbocycles. The summed E-state index contributed by atoms with van der Waals surface area (Å²) in [6, 6.07) is 11.8. The third kappa shape index (κ3) is 10.9. The topological polar surface area (TPSA) is 15.4 Å². The van der Waals surface area contributed by atoms with Crippen molar-refractivity contribution in [2.24, 2.45) is 5.11 Å². The summed E-state index contributed by atoms with van der Waals surface area (Å²) in [5, 5.41) is 5.20. The summed E-state index contributed by atoms with van der Waals surface area (Å²) in [7, 11) is 0. The smallest absolute Gasteiger partial charge is 0.0882 e. The molecule has 2 rings (SSSR count). The second-order valence-corrected chi connectivity index (χ2v) is 11.2. The van der Waals surface area contributed by atoms with E-state index < -0.39 is 0 Å². The van der Waals surface area contributed by atoms with Crippen LogP contribution in [0.4, 0.5) is 5.69 Å². The van der Waals surface area contributed by atoms with Gasteiger partial charge >= 0.3 is 0 Å². The molecule has 0 saturated heterocycles. The Morgan fingerprint density at radius 2 is 1.39 bits per heavy atom. The molecule has 0 fully saturated rings. The lowest BCUT2D eigenvalue weighted by Gasteiger charge is -2.14. The zero-order chi connectivity index (χ0) is 27.8. The van der Waals surface area contributed by atoms with Gasteiger partial charge < -0.3 is 0 Å². The van der Waals surface area contributed by atoms with Crippen LogP contribution in [0.3, 0.4) is 0 Å². The molecule has 2 nitrogen and oxygen atoms in total. The second kappa shape index (κ2) is 18.1. The normalized spacial score (nSPS) is 12.4. The quantitative estimate of drug-likeness (QED) is 0.106. The highest BCUT2D eigenvalue weighted by Gasteiger charge is 2.15. The van der Waals surface area contributed by atoms with Crippen molar-refractivity contribution in [1.82, 2.24) is 0 Å². The summed E-state index contributed by atoms with van der Waals surface area (Å²) >= 11 is 0. The van der Waals surface area contributed by atoms with E-state index in [1.54, 1.807) is 5.56 Å². The SMILES string of the molecule is CCCCCCc1cc(C)cc(C=C(CC)[N+](CC)=Nc2cc(C)c(CCCCCC)c(CCCC)c2)c1. The number of hydrogen-bond donors (Lipinski definition) is 0. The lowest BCUT2D eigenvalue weighted by atomic mass is 9.93. The minimum atomic E-state index is 0.872. The molecule has 0 heterocycles. The molecule has 0 spiro atoms. The van der Waals surface area contributed by atoms with Crippen LogP contribution in [0.2, 0.25) is 0 Å². The number of rotatable bonds is 18. The Hall–Kier alpha value is -2.22. The number of unbranched alkanes of at least 4 members (excludes halogenated alkanes) is 7. The first-order chi connectivity index (χ1) is 18.4. The lowest BCUT2D eigenvalue weighted by molar-refractivity contribution is -0.539. The highest BCUT2D eigenvalue weighted by molar-refractivity contribution is 5.54. The van der Waals surface area contributed by atoms with Gasteiger partial charge in [-0.3, -0.25) is 0 Å². The Bertz CT molecular complexity index is 1030. The van der Waals surface area contributed by atoms with Crippen LogP contribution in [-0.2, 0) is 19.3 Å². The van der Waals surface area contributed by atoms with Crippen LogP contribution in [0.15, 0.2) is 41.1 Å². The molecule has 0 aliphatic carbocycles. The van der Waals surface area contributed by atoms with Crippen molar-refractivity contribution < 1.29 is 4.70 Å². The first-order valence-corrected chi connectivity index (χ1v) is 15.9. The maximum Gasteiger partial charge on any atom is 0.208 e. The molecule has 0 amide bonds. The molecular weight excluding hydrogens is 460 g/mol. The molecule has 0 aromatic heterocycles. The predicted octanol–water partition coefficient (Wildman–Crippen LogP) is 11.5. The zero-order valence-corrected chi connectivity index (χ0v) is 26.0. The first kappa shape index (κ1) is 32.0. The van der Waals surface area contributed by atoms with E-state index in [0.717, 1.165) is 25.1 Å². The Kier molecular flexibility index (Phi) is 15.3. The van der Waals surface area contributed by atoms with Gasteiger partial charge in [0, 0.05) is 12.5 Å². The van der Waals surface area contributed by atoms with Crippen molar-refractivity contribution >= 4 is 11.8 Å². The highest BCUT2D eigenvalue weighted by Crippen LogP contribution is 2.27. The maximum absolute atomic E-state index is 5.20. The molecule has 2 aromatic rings. The van der Waals surface area contributed by atoms with E-state index >= 15 is 0 Å². The van der Waals surface area contributed by atoms with Gasteiger partial charge in [-0.05, 0) is 104 Å². The Balaban J connectivity index is 2.36. The van der Waals surface area contributed by atoms with E-state index in [1.807, 2.05) is 0 Å². The van der Waals surface area contributed by atoms with Gasteiger partial charge in [-0.15, -0.1) is 0 Å². The molecule has 210 valence electrons. The molecular formula is C36H57N2+. The van der Waals surface area contributed by atoms with Crippen LogP contribution in [-0.4, -0.2) is 11.2 Å². The first-order valence-electron chi connectivity index (χ1n) is 15.9. The molecule has 0 aliphatic heterocycles.